The van der Waals surface area contributed by atoms with E-state index in [-0.39, 0.29) is 30.5 Å². The van der Waals surface area contributed by atoms with Gasteiger partial charge in [-0.15, -0.1) is 0 Å². The molecule has 0 saturated heterocycles. The summed E-state index contributed by atoms with van der Waals surface area (Å²) in [5.41, 5.74) is 0.765. The molecule has 0 fully saturated rings. The van der Waals surface area contributed by atoms with Gasteiger partial charge in [-0.2, -0.15) is 0 Å². The van der Waals surface area contributed by atoms with Crippen LogP contribution < -0.4 is 15.6 Å². The molecule has 140 valence electrons. The Bertz CT molecular complexity index is 1030. The van der Waals surface area contributed by atoms with Crippen LogP contribution in [-0.2, 0) is 17.9 Å². The predicted octanol–water partition coefficient (Wildman–Crippen LogP) is 2.64. The minimum atomic E-state index is -0.523. The van der Waals surface area contributed by atoms with E-state index in [1.54, 1.807) is 0 Å². The van der Waals surface area contributed by atoms with Gasteiger partial charge in [-0.05, 0) is 38.1 Å². The number of hydrogen-bond acceptors (Lipinski definition) is 4. The third-order valence-electron chi connectivity index (χ3n) is 3.91. The second-order valence-electron chi connectivity index (χ2n) is 6.39. The molecule has 0 saturated carbocycles. The third kappa shape index (κ3) is 4.49. The van der Waals surface area contributed by atoms with Crippen molar-refractivity contribution in [3.05, 3.63) is 70.5 Å². The van der Waals surface area contributed by atoms with Crippen molar-refractivity contribution in [2.24, 2.45) is 0 Å². The van der Waals surface area contributed by atoms with Gasteiger partial charge in [0.2, 0.25) is 5.91 Å². The van der Waals surface area contributed by atoms with E-state index < -0.39 is 11.4 Å². The maximum absolute atomic E-state index is 13.4. The number of carbonyl (C=O) groups excluding carboxylic acids is 1. The molecule has 27 heavy (non-hydrogen) atoms. The van der Waals surface area contributed by atoms with Crippen molar-refractivity contribution in [2.45, 2.75) is 33.0 Å². The number of hydrogen-bond donors (Lipinski definition) is 1. The minimum absolute atomic E-state index is 0.0181. The van der Waals surface area contributed by atoms with Crippen molar-refractivity contribution < 1.29 is 13.9 Å². The normalized spacial score (nSPS) is 11.0. The fourth-order valence-corrected chi connectivity index (χ4v) is 2.67. The average molecular weight is 369 g/mol. The number of aromatic nitrogens is 2. The summed E-state index contributed by atoms with van der Waals surface area (Å²) in [6, 6.07) is 11.2. The van der Waals surface area contributed by atoms with Crippen LogP contribution >= 0.6 is 0 Å². The highest BCUT2D eigenvalue weighted by Gasteiger charge is 2.10. The van der Waals surface area contributed by atoms with Crippen molar-refractivity contribution >= 4 is 16.8 Å². The summed E-state index contributed by atoms with van der Waals surface area (Å²) in [5.74, 6) is -0.174. The Kier molecular flexibility index (Phi) is 5.49. The van der Waals surface area contributed by atoms with Gasteiger partial charge in [-0.25, -0.2) is 9.37 Å². The number of rotatable bonds is 6. The maximum Gasteiger partial charge on any atom is 0.261 e. The summed E-state index contributed by atoms with van der Waals surface area (Å²) in [6.45, 7) is 3.92. The van der Waals surface area contributed by atoms with Gasteiger partial charge in [0.05, 0.1) is 23.3 Å². The lowest BCUT2D eigenvalue weighted by atomic mass is 10.2. The van der Waals surface area contributed by atoms with Gasteiger partial charge in [-0.3, -0.25) is 14.2 Å². The molecule has 0 spiro atoms. The van der Waals surface area contributed by atoms with Gasteiger partial charge in [-0.1, -0.05) is 18.2 Å². The molecular formula is C20H20FN3O3. The highest BCUT2D eigenvalue weighted by Crippen LogP contribution is 2.19. The van der Waals surface area contributed by atoms with Crippen LogP contribution in [0.25, 0.3) is 10.9 Å². The van der Waals surface area contributed by atoms with E-state index in [0.29, 0.717) is 11.3 Å². The molecule has 1 aromatic heterocycles. The number of nitrogens with zero attached hydrogens (tertiary/aromatic N) is 2. The lowest BCUT2D eigenvalue weighted by Crippen LogP contribution is -2.32. The number of ether oxygens (including phenoxy) is 1. The van der Waals surface area contributed by atoms with Crippen LogP contribution in [0.3, 0.4) is 0 Å². The van der Waals surface area contributed by atoms with Crippen molar-refractivity contribution in [3.63, 3.8) is 0 Å². The molecule has 2 aromatic carbocycles. The van der Waals surface area contributed by atoms with E-state index in [9.17, 15) is 14.0 Å². The van der Waals surface area contributed by atoms with Gasteiger partial charge in [0.15, 0.2) is 0 Å². The molecule has 6 nitrogen and oxygen atoms in total. The van der Waals surface area contributed by atoms with Crippen LogP contribution in [-0.4, -0.2) is 21.6 Å². The zero-order valence-corrected chi connectivity index (χ0v) is 15.1. The standard InChI is InChI=1S/C20H20FN3O3/c1-13(2)27-18-6-4-3-5-14(18)10-22-19(25)11-24-12-23-17-8-7-15(21)9-16(17)20(24)26/h3-9,12-13H,10-11H2,1-2H3,(H,22,25). The lowest BCUT2D eigenvalue weighted by molar-refractivity contribution is -0.121. The molecule has 1 amide bonds. The van der Waals surface area contributed by atoms with Crippen molar-refractivity contribution in [1.29, 1.82) is 0 Å². The third-order valence-corrected chi connectivity index (χ3v) is 3.91. The maximum atomic E-state index is 13.4. The number of carbonyl (C=O) groups is 1. The Hall–Kier alpha value is -3.22. The molecule has 0 aliphatic rings. The van der Waals surface area contributed by atoms with Crippen LogP contribution in [0, 0.1) is 5.82 Å². The molecule has 1 heterocycles. The summed E-state index contributed by atoms with van der Waals surface area (Å²) >= 11 is 0. The highest BCUT2D eigenvalue weighted by molar-refractivity contribution is 5.79. The van der Waals surface area contributed by atoms with E-state index >= 15 is 0 Å². The summed E-state index contributed by atoms with van der Waals surface area (Å²) < 4.78 is 20.3. The van der Waals surface area contributed by atoms with Crippen LogP contribution in [0.15, 0.2) is 53.6 Å². The van der Waals surface area contributed by atoms with E-state index in [0.717, 1.165) is 16.2 Å². The van der Waals surface area contributed by atoms with Crippen LogP contribution in [0.2, 0.25) is 0 Å². The SMILES string of the molecule is CC(C)Oc1ccccc1CNC(=O)Cn1cnc2ccc(F)cc2c1=O. The Labute approximate surface area is 155 Å². The quantitative estimate of drug-likeness (QED) is 0.725. The van der Waals surface area contributed by atoms with Crippen LogP contribution in [0.1, 0.15) is 19.4 Å². The van der Waals surface area contributed by atoms with Gasteiger partial charge in [0.25, 0.3) is 5.56 Å². The number of para-hydroxylation sites is 1. The first-order chi connectivity index (χ1) is 12.9. The fourth-order valence-electron chi connectivity index (χ4n) is 2.67. The summed E-state index contributed by atoms with van der Waals surface area (Å²) in [6.07, 6.45) is 1.31. The molecule has 0 unspecified atom stereocenters. The molecule has 0 aliphatic carbocycles. The van der Waals surface area contributed by atoms with E-state index in [1.807, 2.05) is 38.1 Å². The lowest BCUT2D eigenvalue weighted by Gasteiger charge is -2.14. The Morgan fingerprint density at radius 1 is 1.26 bits per heavy atom. The van der Waals surface area contributed by atoms with Gasteiger partial charge < -0.3 is 10.1 Å². The number of benzene rings is 2. The topological polar surface area (TPSA) is 73.2 Å². The number of nitrogens with one attached hydrogen (secondary N) is 1. The summed E-state index contributed by atoms with van der Waals surface area (Å²) in [4.78, 5) is 28.8. The summed E-state index contributed by atoms with van der Waals surface area (Å²) in [5, 5.41) is 2.91. The highest BCUT2D eigenvalue weighted by atomic mass is 19.1. The van der Waals surface area contributed by atoms with Gasteiger partial charge in [0, 0.05) is 12.1 Å². The molecular weight excluding hydrogens is 349 g/mol. The second kappa shape index (κ2) is 7.99. The average Bonchev–Trinajstić information content (AvgIpc) is 2.63. The zero-order valence-electron chi connectivity index (χ0n) is 15.1. The largest absolute Gasteiger partial charge is 0.491 e. The fraction of sp³-hybridized carbons (Fsp3) is 0.250. The molecule has 3 rings (SSSR count). The zero-order chi connectivity index (χ0) is 19.4. The Balaban J connectivity index is 1.71. The first-order valence-corrected chi connectivity index (χ1v) is 8.60. The number of amides is 1. The van der Waals surface area contributed by atoms with E-state index in [4.69, 9.17) is 4.74 Å². The number of halogens is 1. The second-order valence-corrected chi connectivity index (χ2v) is 6.39. The monoisotopic (exact) mass is 369 g/mol. The molecule has 0 radical (unpaired) electrons. The van der Waals surface area contributed by atoms with Crippen molar-refractivity contribution in [3.8, 4) is 5.75 Å². The molecule has 1 N–H and O–H groups in total. The van der Waals surface area contributed by atoms with E-state index in [2.05, 4.69) is 10.3 Å². The predicted molar refractivity (Wildman–Crippen MR) is 100 cm³/mol. The molecule has 7 heteroatoms. The molecule has 0 aliphatic heterocycles. The first-order valence-electron chi connectivity index (χ1n) is 8.60. The van der Waals surface area contributed by atoms with Crippen molar-refractivity contribution in [2.75, 3.05) is 0 Å². The molecule has 0 bridgehead atoms. The van der Waals surface area contributed by atoms with Crippen molar-refractivity contribution in [1.82, 2.24) is 14.9 Å². The smallest absolute Gasteiger partial charge is 0.261 e. The minimum Gasteiger partial charge on any atom is -0.491 e. The molecule has 0 atom stereocenters. The number of fused-ring (bicyclic) bond motifs is 1. The Morgan fingerprint density at radius 2 is 2.04 bits per heavy atom. The van der Waals surface area contributed by atoms with Crippen LogP contribution in [0.4, 0.5) is 4.39 Å². The summed E-state index contributed by atoms with van der Waals surface area (Å²) in [7, 11) is 0. The van der Waals surface area contributed by atoms with Gasteiger partial charge in [0.1, 0.15) is 18.1 Å². The molecule has 3 aromatic rings. The van der Waals surface area contributed by atoms with E-state index in [1.165, 1.54) is 18.5 Å². The van der Waals surface area contributed by atoms with Gasteiger partial charge >= 0.3 is 0 Å². The van der Waals surface area contributed by atoms with Crippen LogP contribution in [0.5, 0.6) is 5.75 Å². The Morgan fingerprint density at radius 3 is 2.81 bits per heavy atom. The first kappa shape index (κ1) is 18.6.